The second kappa shape index (κ2) is 5.61. The van der Waals surface area contributed by atoms with Gasteiger partial charge < -0.3 is 10.6 Å². The molecule has 0 spiro atoms. The first-order valence-electron chi connectivity index (χ1n) is 7.82. The molecule has 0 amide bonds. The average molecular weight is 308 g/mol. The van der Waals surface area contributed by atoms with Crippen LogP contribution in [0.3, 0.4) is 0 Å². The second-order valence-electron chi connectivity index (χ2n) is 6.36. The molecule has 2 aliphatic rings. The molecule has 2 aliphatic heterocycles. The lowest BCUT2D eigenvalue weighted by Gasteiger charge is -2.47. The third-order valence-corrected chi connectivity index (χ3v) is 6.79. The van der Waals surface area contributed by atoms with E-state index in [4.69, 9.17) is 5.73 Å². The average Bonchev–Trinajstić information content (AvgIpc) is 2.68. The third-order valence-electron chi connectivity index (χ3n) is 4.90. The second-order valence-corrected chi connectivity index (χ2v) is 8.55. The molecular formula is C16H24N2O2S. The van der Waals surface area contributed by atoms with Crippen molar-refractivity contribution < 1.29 is 8.42 Å². The Balaban J connectivity index is 2.04. The van der Waals surface area contributed by atoms with E-state index in [1.165, 1.54) is 11.3 Å². The molecule has 1 unspecified atom stereocenters. The topological polar surface area (TPSA) is 63.4 Å². The number of anilines is 1. The molecule has 0 bridgehead atoms. The molecule has 0 saturated carbocycles. The minimum atomic E-state index is -2.99. The molecule has 1 fully saturated rings. The van der Waals surface area contributed by atoms with Crippen LogP contribution in [0.25, 0.3) is 0 Å². The predicted molar refractivity (Wildman–Crippen MR) is 86.4 cm³/mol. The lowest BCUT2D eigenvalue weighted by molar-refractivity contribution is 0.380. The van der Waals surface area contributed by atoms with Crippen LogP contribution in [-0.4, -0.2) is 38.6 Å². The molecule has 0 radical (unpaired) electrons. The molecule has 0 aromatic heterocycles. The molecule has 4 nitrogen and oxygen atoms in total. The van der Waals surface area contributed by atoms with Gasteiger partial charge >= 0.3 is 0 Å². The van der Waals surface area contributed by atoms with Crippen molar-refractivity contribution >= 4 is 15.5 Å². The van der Waals surface area contributed by atoms with Gasteiger partial charge in [0.05, 0.1) is 17.0 Å². The number of aryl methyl sites for hydroxylation is 1. The van der Waals surface area contributed by atoms with Gasteiger partial charge in [-0.1, -0.05) is 18.2 Å². The zero-order valence-electron chi connectivity index (χ0n) is 12.4. The maximum Gasteiger partial charge on any atom is 0.152 e. The van der Waals surface area contributed by atoms with Gasteiger partial charge in [0.15, 0.2) is 9.84 Å². The van der Waals surface area contributed by atoms with Crippen LogP contribution in [0.4, 0.5) is 5.69 Å². The van der Waals surface area contributed by atoms with Crippen molar-refractivity contribution in [2.75, 3.05) is 29.5 Å². The fourth-order valence-corrected chi connectivity index (χ4v) is 5.81. The Hall–Kier alpha value is -1.07. The Morgan fingerprint density at radius 3 is 2.76 bits per heavy atom. The zero-order chi connectivity index (χ0) is 14.9. The van der Waals surface area contributed by atoms with E-state index in [1.54, 1.807) is 0 Å². The van der Waals surface area contributed by atoms with E-state index in [-0.39, 0.29) is 5.75 Å². The van der Waals surface area contributed by atoms with Crippen LogP contribution in [-0.2, 0) is 16.3 Å². The summed E-state index contributed by atoms with van der Waals surface area (Å²) in [5, 5.41) is 0. The SMILES string of the molecule is NCC1(N2CCCCc3ccccc32)CCCS(=O)(=O)C1. The van der Waals surface area contributed by atoms with Crippen molar-refractivity contribution in [2.24, 2.45) is 5.73 Å². The van der Waals surface area contributed by atoms with Crippen molar-refractivity contribution in [1.82, 2.24) is 0 Å². The highest BCUT2D eigenvalue weighted by atomic mass is 32.2. The van der Waals surface area contributed by atoms with Gasteiger partial charge in [-0.05, 0) is 43.7 Å². The number of hydrogen-bond donors (Lipinski definition) is 1. The Morgan fingerprint density at radius 1 is 1.19 bits per heavy atom. The number of nitrogens with two attached hydrogens (primary N) is 1. The van der Waals surface area contributed by atoms with Crippen LogP contribution >= 0.6 is 0 Å². The van der Waals surface area contributed by atoms with Crippen LogP contribution in [0, 0.1) is 0 Å². The predicted octanol–water partition coefficient (Wildman–Crippen LogP) is 1.74. The monoisotopic (exact) mass is 308 g/mol. The van der Waals surface area contributed by atoms with Gasteiger partial charge in [-0.3, -0.25) is 0 Å². The maximum absolute atomic E-state index is 12.2. The summed E-state index contributed by atoms with van der Waals surface area (Å²) in [6, 6.07) is 8.39. The van der Waals surface area contributed by atoms with E-state index < -0.39 is 15.4 Å². The third kappa shape index (κ3) is 2.81. The lowest BCUT2D eigenvalue weighted by atomic mass is 9.91. The number of rotatable bonds is 2. The molecule has 21 heavy (non-hydrogen) atoms. The smallest absolute Gasteiger partial charge is 0.152 e. The summed E-state index contributed by atoms with van der Waals surface area (Å²) in [7, 11) is -2.99. The van der Waals surface area contributed by atoms with Gasteiger partial charge in [0.25, 0.3) is 0 Å². The van der Waals surface area contributed by atoms with Crippen LogP contribution in [0.15, 0.2) is 24.3 Å². The van der Waals surface area contributed by atoms with Crippen molar-refractivity contribution in [3.8, 4) is 0 Å². The molecule has 2 heterocycles. The Labute approximate surface area is 127 Å². The Kier molecular flexibility index (Phi) is 3.97. The highest BCUT2D eigenvalue weighted by Crippen LogP contribution is 2.36. The number of benzene rings is 1. The molecule has 2 N–H and O–H groups in total. The van der Waals surface area contributed by atoms with Crippen molar-refractivity contribution in [1.29, 1.82) is 0 Å². The van der Waals surface area contributed by atoms with Gasteiger partial charge in [-0.15, -0.1) is 0 Å². The van der Waals surface area contributed by atoms with Gasteiger partial charge in [-0.25, -0.2) is 8.42 Å². The van der Waals surface area contributed by atoms with E-state index in [9.17, 15) is 8.42 Å². The minimum absolute atomic E-state index is 0.199. The number of hydrogen-bond acceptors (Lipinski definition) is 4. The Bertz CT molecular complexity index is 614. The summed E-state index contributed by atoms with van der Waals surface area (Å²) in [4.78, 5) is 2.31. The normalized spacial score (nSPS) is 28.7. The zero-order valence-corrected chi connectivity index (χ0v) is 13.2. The molecule has 1 atom stereocenters. The number of fused-ring (bicyclic) bond motifs is 1. The van der Waals surface area contributed by atoms with E-state index in [0.29, 0.717) is 12.3 Å². The highest BCUT2D eigenvalue weighted by molar-refractivity contribution is 7.91. The Morgan fingerprint density at radius 2 is 2.00 bits per heavy atom. The molecule has 1 saturated heterocycles. The van der Waals surface area contributed by atoms with E-state index in [1.807, 2.05) is 6.07 Å². The van der Waals surface area contributed by atoms with Crippen molar-refractivity contribution in [3.05, 3.63) is 29.8 Å². The van der Waals surface area contributed by atoms with E-state index >= 15 is 0 Å². The minimum Gasteiger partial charge on any atom is -0.363 e. The van der Waals surface area contributed by atoms with Crippen LogP contribution in [0.5, 0.6) is 0 Å². The fourth-order valence-electron chi connectivity index (χ4n) is 3.84. The summed E-state index contributed by atoms with van der Waals surface area (Å²) in [5.74, 6) is 0.509. The standard InChI is InChI=1S/C16H24N2O2S/c17-12-16(9-5-11-21(19,20)13-16)18-10-4-3-7-14-6-1-2-8-15(14)18/h1-2,6,8H,3-5,7,9-13,17H2. The summed E-state index contributed by atoms with van der Waals surface area (Å²) in [6.07, 6.45) is 4.91. The highest BCUT2D eigenvalue weighted by Gasteiger charge is 2.43. The maximum atomic E-state index is 12.2. The van der Waals surface area contributed by atoms with Gasteiger partial charge in [-0.2, -0.15) is 0 Å². The van der Waals surface area contributed by atoms with Gasteiger partial charge in [0, 0.05) is 18.8 Å². The molecule has 5 heteroatoms. The molecule has 0 aliphatic carbocycles. The first-order valence-corrected chi connectivity index (χ1v) is 9.65. The fraction of sp³-hybridized carbons (Fsp3) is 0.625. The number of sulfone groups is 1. The summed E-state index contributed by atoms with van der Waals surface area (Å²) >= 11 is 0. The van der Waals surface area contributed by atoms with Crippen LogP contribution in [0.1, 0.15) is 31.2 Å². The van der Waals surface area contributed by atoms with Crippen molar-refractivity contribution in [2.45, 2.75) is 37.6 Å². The quantitative estimate of drug-likeness (QED) is 0.904. The molecule has 116 valence electrons. The van der Waals surface area contributed by atoms with E-state index in [2.05, 4.69) is 23.1 Å². The first-order chi connectivity index (χ1) is 10.1. The molecule has 1 aromatic rings. The first kappa shape index (κ1) is 14.9. The largest absolute Gasteiger partial charge is 0.363 e. The lowest BCUT2D eigenvalue weighted by Crippen LogP contribution is -2.60. The molecule has 1 aromatic carbocycles. The van der Waals surface area contributed by atoms with Crippen LogP contribution in [0.2, 0.25) is 0 Å². The van der Waals surface area contributed by atoms with Gasteiger partial charge in [0.2, 0.25) is 0 Å². The van der Waals surface area contributed by atoms with Crippen LogP contribution < -0.4 is 10.6 Å². The molecule has 3 rings (SSSR count). The summed E-state index contributed by atoms with van der Waals surface area (Å²) in [5.41, 5.74) is 8.19. The number of para-hydroxylation sites is 1. The van der Waals surface area contributed by atoms with Gasteiger partial charge in [0.1, 0.15) is 0 Å². The summed E-state index contributed by atoms with van der Waals surface area (Å²) in [6.45, 7) is 1.31. The molecular weight excluding hydrogens is 284 g/mol. The summed E-state index contributed by atoms with van der Waals surface area (Å²) < 4.78 is 24.4. The number of nitrogens with zero attached hydrogens (tertiary/aromatic N) is 1. The van der Waals surface area contributed by atoms with Crippen molar-refractivity contribution in [3.63, 3.8) is 0 Å². The van der Waals surface area contributed by atoms with E-state index in [0.717, 1.165) is 38.6 Å².